The quantitative estimate of drug-likeness (QED) is 0.694. The van der Waals surface area contributed by atoms with Crippen LogP contribution in [-0.2, 0) is 4.79 Å². The minimum Gasteiger partial charge on any atom is -0.491 e. The van der Waals surface area contributed by atoms with Crippen molar-refractivity contribution in [1.29, 1.82) is 0 Å². The maximum atomic E-state index is 11.9. The SMILES string of the molecule is CC(C)Oc1ccc(C(=O)N[C@H](CCO)C(=O)O)cc1. The molecule has 0 bridgehead atoms. The molecule has 0 radical (unpaired) electrons. The summed E-state index contributed by atoms with van der Waals surface area (Å²) in [5, 5.41) is 20.0. The van der Waals surface area contributed by atoms with Crippen molar-refractivity contribution in [2.75, 3.05) is 6.61 Å². The summed E-state index contributed by atoms with van der Waals surface area (Å²) in [5.74, 6) is -1.03. The first-order valence-electron chi connectivity index (χ1n) is 6.35. The van der Waals surface area contributed by atoms with Gasteiger partial charge in [0.1, 0.15) is 11.8 Å². The third-order valence-corrected chi connectivity index (χ3v) is 2.51. The monoisotopic (exact) mass is 281 g/mol. The van der Waals surface area contributed by atoms with Gasteiger partial charge in [0, 0.05) is 18.6 Å². The highest BCUT2D eigenvalue weighted by atomic mass is 16.5. The van der Waals surface area contributed by atoms with Gasteiger partial charge in [-0.2, -0.15) is 0 Å². The van der Waals surface area contributed by atoms with Gasteiger partial charge >= 0.3 is 5.97 Å². The molecule has 0 aromatic heterocycles. The van der Waals surface area contributed by atoms with E-state index in [1.165, 1.54) is 0 Å². The van der Waals surface area contributed by atoms with Crippen molar-refractivity contribution in [3.05, 3.63) is 29.8 Å². The minimum atomic E-state index is -1.17. The number of hydrogen-bond acceptors (Lipinski definition) is 4. The number of carboxylic acids is 1. The Balaban J connectivity index is 2.69. The average molecular weight is 281 g/mol. The number of amides is 1. The lowest BCUT2D eigenvalue weighted by Crippen LogP contribution is -2.41. The summed E-state index contributed by atoms with van der Waals surface area (Å²) in [6.07, 6.45) is 0.00549. The molecule has 0 heterocycles. The number of aliphatic hydroxyl groups is 1. The summed E-state index contributed by atoms with van der Waals surface area (Å²) >= 11 is 0. The highest BCUT2D eigenvalue weighted by Gasteiger charge is 2.19. The first-order chi connectivity index (χ1) is 9.43. The predicted octanol–water partition coefficient (Wildman–Crippen LogP) is 1.04. The van der Waals surface area contributed by atoms with Crippen LogP contribution in [0.25, 0.3) is 0 Å². The Bertz CT molecular complexity index is 455. The zero-order valence-electron chi connectivity index (χ0n) is 11.5. The number of aliphatic carboxylic acids is 1. The van der Waals surface area contributed by atoms with Crippen LogP contribution in [-0.4, -0.2) is 40.8 Å². The maximum absolute atomic E-state index is 11.9. The van der Waals surface area contributed by atoms with Crippen LogP contribution in [0.15, 0.2) is 24.3 Å². The lowest BCUT2D eigenvalue weighted by molar-refractivity contribution is -0.139. The Morgan fingerprint density at radius 2 is 1.85 bits per heavy atom. The first kappa shape index (κ1) is 16.0. The van der Waals surface area contributed by atoms with Crippen LogP contribution in [0.5, 0.6) is 5.75 Å². The van der Waals surface area contributed by atoms with Crippen LogP contribution in [0, 0.1) is 0 Å². The van der Waals surface area contributed by atoms with Gasteiger partial charge in [-0.25, -0.2) is 4.79 Å². The molecule has 0 aliphatic carbocycles. The summed E-state index contributed by atoms with van der Waals surface area (Å²) in [7, 11) is 0. The van der Waals surface area contributed by atoms with Crippen molar-refractivity contribution < 1.29 is 24.5 Å². The fraction of sp³-hybridized carbons (Fsp3) is 0.429. The number of carbonyl (C=O) groups excluding carboxylic acids is 1. The molecule has 1 aromatic carbocycles. The number of benzene rings is 1. The second-order valence-corrected chi connectivity index (χ2v) is 4.57. The maximum Gasteiger partial charge on any atom is 0.326 e. The van der Waals surface area contributed by atoms with Gasteiger partial charge in [-0.15, -0.1) is 0 Å². The lowest BCUT2D eigenvalue weighted by atomic mass is 10.1. The van der Waals surface area contributed by atoms with Crippen LogP contribution < -0.4 is 10.1 Å². The Kier molecular flexibility index (Phi) is 5.99. The number of aliphatic hydroxyl groups excluding tert-OH is 1. The largest absolute Gasteiger partial charge is 0.491 e. The second-order valence-electron chi connectivity index (χ2n) is 4.57. The van der Waals surface area contributed by atoms with Crippen molar-refractivity contribution in [1.82, 2.24) is 5.32 Å². The van der Waals surface area contributed by atoms with Crippen molar-refractivity contribution in [3.8, 4) is 5.75 Å². The van der Waals surface area contributed by atoms with Gasteiger partial charge in [0.15, 0.2) is 0 Å². The Labute approximate surface area is 117 Å². The van der Waals surface area contributed by atoms with Crippen LogP contribution >= 0.6 is 0 Å². The van der Waals surface area contributed by atoms with Crippen molar-refractivity contribution in [2.24, 2.45) is 0 Å². The summed E-state index contributed by atoms with van der Waals surface area (Å²) < 4.78 is 5.45. The van der Waals surface area contributed by atoms with Gasteiger partial charge in [-0.3, -0.25) is 4.79 Å². The molecule has 20 heavy (non-hydrogen) atoms. The molecule has 3 N–H and O–H groups in total. The molecule has 0 aliphatic heterocycles. The van der Waals surface area contributed by atoms with Crippen molar-refractivity contribution >= 4 is 11.9 Å². The molecule has 0 spiro atoms. The lowest BCUT2D eigenvalue weighted by Gasteiger charge is -2.14. The Hall–Kier alpha value is -2.08. The van der Waals surface area contributed by atoms with E-state index >= 15 is 0 Å². The minimum absolute atomic E-state index is 0.0321. The summed E-state index contributed by atoms with van der Waals surface area (Å²) in [6, 6.07) is 5.32. The fourth-order valence-electron chi connectivity index (χ4n) is 1.59. The number of rotatable bonds is 7. The molecule has 6 nitrogen and oxygen atoms in total. The van der Waals surface area contributed by atoms with Crippen molar-refractivity contribution in [3.63, 3.8) is 0 Å². The van der Waals surface area contributed by atoms with Crippen LogP contribution in [0.1, 0.15) is 30.6 Å². The van der Waals surface area contributed by atoms with E-state index in [-0.39, 0.29) is 19.1 Å². The van der Waals surface area contributed by atoms with Crippen LogP contribution in [0.3, 0.4) is 0 Å². The molecule has 1 rings (SSSR count). The number of carboxylic acid groups (broad SMARTS) is 1. The molecule has 1 amide bonds. The average Bonchev–Trinajstić information content (AvgIpc) is 2.38. The highest BCUT2D eigenvalue weighted by Crippen LogP contribution is 2.14. The van der Waals surface area contributed by atoms with Gasteiger partial charge in [0.05, 0.1) is 6.10 Å². The van der Waals surface area contributed by atoms with Crippen molar-refractivity contribution in [2.45, 2.75) is 32.4 Å². The number of carbonyl (C=O) groups is 2. The first-order valence-corrected chi connectivity index (χ1v) is 6.35. The topological polar surface area (TPSA) is 95.9 Å². The zero-order valence-corrected chi connectivity index (χ0v) is 11.5. The standard InChI is InChI=1S/C14H19NO5/c1-9(2)20-11-5-3-10(4-6-11)13(17)15-12(7-8-16)14(18)19/h3-6,9,12,16H,7-8H2,1-2H3,(H,15,17)(H,18,19)/t12-/m1/s1. The van der Waals surface area contributed by atoms with E-state index in [0.717, 1.165) is 0 Å². The van der Waals surface area contributed by atoms with Gasteiger partial charge in [-0.1, -0.05) is 0 Å². The molecule has 0 fully saturated rings. The van der Waals surface area contributed by atoms with E-state index < -0.39 is 17.9 Å². The second kappa shape index (κ2) is 7.49. The summed E-state index contributed by atoms with van der Waals surface area (Å²) in [4.78, 5) is 22.8. The molecule has 0 unspecified atom stereocenters. The third-order valence-electron chi connectivity index (χ3n) is 2.51. The van der Waals surface area contributed by atoms with Gasteiger partial charge in [0.2, 0.25) is 0 Å². The fourth-order valence-corrected chi connectivity index (χ4v) is 1.59. The van der Waals surface area contributed by atoms with Gasteiger partial charge < -0.3 is 20.3 Å². The van der Waals surface area contributed by atoms with Crippen LogP contribution in [0.2, 0.25) is 0 Å². The number of hydrogen-bond donors (Lipinski definition) is 3. The molecule has 0 saturated carbocycles. The third kappa shape index (κ3) is 4.89. The van der Waals surface area contributed by atoms with Crippen LogP contribution in [0.4, 0.5) is 0 Å². The van der Waals surface area contributed by atoms with Gasteiger partial charge in [0.25, 0.3) is 5.91 Å². The van der Waals surface area contributed by atoms with E-state index in [9.17, 15) is 9.59 Å². The molecule has 1 aromatic rings. The normalized spacial score (nSPS) is 12.0. The predicted molar refractivity (Wildman–Crippen MR) is 72.8 cm³/mol. The van der Waals surface area contributed by atoms with E-state index in [0.29, 0.717) is 11.3 Å². The van der Waals surface area contributed by atoms with E-state index in [1.807, 2.05) is 13.8 Å². The number of nitrogens with one attached hydrogen (secondary N) is 1. The summed E-state index contributed by atoms with van der Waals surface area (Å²) in [6.45, 7) is 3.48. The molecular formula is C14H19NO5. The Morgan fingerprint density at radius 3 is 2.30 bits per heavy atom. The molecule has 0 aliphatic rings. The zero-order chi connectivity index (χ0) is 15.1. The molecule has 6 heteroatoms. The van der Waals surface area contributed by atoms with Gasteiger partial charge in [-0.05, 0) is 38.1 Å². The Morgan fingerprint density at radius 1 is 1.25 bits per heavy atom. The van der Waals surface area contributed by atoms with E-state index in [4.69, 9.17) is 14.9 Å². The molecule has 1 atom stereocenters. The molecule has 110 valence electrons. The van der Waals surface area contributed by atoms with E-state index in [2.05, 4.69) is 5.32 Å². The van der Waals surface area contributed by atoms with E-state index in [1.54, 1.807) is 24.3 Å². The highest BCUT2D eigenvalue weighted by molar-refractivity contribution is 5.96. The summed E-state index contributed by atoms with van der Waals surface area (Å²) in [5.41, 5.74) is 0.338. The molecular weight excluding hydrogens is 262 g/mol. The number of ether oxygens (including phenoxy) is 1. The smallest absolute Gasteiger partial charge is 0.326 e. The molecule has 0 saturated heterocycles.